The molecule has 0 aliphatic heterocycles. The van der Waals surface area contributed by atoms with Gasteiger partial charge < -0.3 is 4.42 Å². The molecule has 0 N–H and O–H groups in total. The van der Waals surface area contributed by atoms with Crippen molar-refractivity contribution in [2.45, 2.75) is 79.1 Å². The summed E-state index contributed by atoms with van der Waals surface area (Å²) in [6.45, 7) is 12.6. The summed E-state index contributed by atoms with van der Waals surface area (Å²) in [5.41, 5.74) is 7.04. The Morgan fingerprint density at radius 1 is 0.815 bits per heavy atom. The number of furan rings is 1. The molecule has 0 aliphatic rings. The van der Waals surface area contributed by atoms with Gasteiger partial charge in [0.2, 0.25) is 0 Å². The van der Waals surface area contributed by atoms with Gasteiger partial charge in [0.1, 0.15) is 0 Å². The monoisotopic (exact) mass is 366 g/mol. The van der Waals surface area contributed by atoms with Gasteiger partial charge in [0.25, 0.3) is 0 Å². The lowest BCUT2D eigenvalue weighted by molar-refractivity contribution is 0.564. The molecule has 0 radical (unpaired) electrons. The van der Waals surface area contributed by atoms with Gasteiger partial charge in [-0.1, -0.05) is 59.3 Å². The fourth-order valence-corrected chi connectivity index (χ4v) is 2.93. The van der Waals surface area contributed by atoms with Crippen LogP contribution in [0.3, 0.4) is 0 Å². The van der Waals surface area contributed by atoms with E-state index < -0.39 is 0 Å². The van der Waals surface area contributed by atoms with Crippen LogP contribution in [0.2, 0.25) is 0 Å². The lowest BCUT2D eigenvalue weighted by Crippen LogP contribution is -1.83. The maximum Gasteiger partial charge on any atom is 0.0934 e. The van der Waals surface area contributed by atoms with Gasteiger partial charge in [0.15, 0.2) is 0 Å². The molecular formula is C26H38O. The van der Waals surface area contributed by atoms with Crippen LogP contribution in [0, 0.1) is 0 Å². The van der Waals surface area contributed by atoms with Gasteiger partial charge >= 0.3 is 0 Å². The summed E-state index contributed by atoms with van der Waals surface area (Å²) in [5, 5.41) is 0. The van der Waals surface area contributed by atoms with E-state index in [1.807, 2.05) is 18.4 Å². The predicted octanol–water partition coefficient (Wildman–Crippen LogP) is 8.52. The van der Waals surface area contributed by atoms with Crippen LogP contribution in [0.25, 0.3) is 0 Å². The molecular weight excluding hydrogens is 328 g/mol. The van der Waals surface area contributed by atoms with E-state index >= 15 is 0 Å². The molecule has 1 heteroatoms. The SMILES string of the molecule is C=CC(C)=CCCC(C)=CCCC(C)=CCCC(C)=CCCc1ccoc1. The molecule has 148 valence electrons. The van der Waals surface area contributed by atoms with Crippen molar-refractivity contribution in [2.75, 3.05) is 0 Å². The van der Waals surface area contributed by atoms with E-state index in [0.717, 1.165) is 44.9 Å². The quantitative estimate of drug-likeness (QED) is 0.252. The van der Waals surface area contributed by atoms with Gasteiger partial charge in [-0.15, -0.1) is 0 Å². The summed E-state index contributed by atoms with van der Waals surface area (Å²) in [4.78, 5) is 0. The Morgan fingerprint density at radius 3 is 1.81 bits per heavy atom. The average molecular weight is 367 g/mol. The van der Waals surface area contributed by atoms with Gasteiger partial charge in [-0.25, -0.2) is 0 Å². The third-order valence-electron chi connectivity index (χ3n) is 4.90. The van der Waals surface area contributed by atoms with Gasteiger partial charge in [-0.05, 0) is 90.7 Å². The van der Waals surface area contributed by atoms with Crippen LogP contribution in [0.1, 0.15) is 78.2 Å². The molecule has 1 heterocycles. The van der Waals surface area contributed by atoms with E-state index in [4.69, 9.17) is 4.42 Å². The minimum Gasteiger partial charge on any atom is -0.472 e. The third-order valence-corrected chi connectivity index (χ3v) is 4.90. The highest BCUT2D eigenvalue weighted by molar-refractivity contribution is 5.14. The van der Waals surface area contributed by atoms with E-state index in [0.29, 0.717) is 0 Å². The molecule has 0 saturated heterocycles. The summed E-state index contributed by atoms with van der Waals surface area (Å²) < 4.78 is 5.10. The van der Waals surface area contributed by atoms with Gasteiger partial charge in [-0.2, -0.15) is 0 Å². The van der Waals surface area contributed by atoms with Crippen LogP contribution >= 0.6 is 0 Å². The maximum absolute atomic E-state index is 5.10. The van der Waals surface area contributed by atoms with Crippen molar-refractivity contribution in [1.29, 1.82) is 0 Å². The van der Waals surface area contributed by atoms with E-state index in [9.17, 15) is 0 Å². The molecule has 1 nitrogen and oxygen atoms in total. The zero-order valence-electron chi connectivity index (χ0n) is 17.9. The standard InChI is InChI=1S/C26H38O/c1-6-22(2)11-7-12-23(3)13-8-14-24(4)15-9-16-25(5)17-10-18-26-19-20-27-21-26/h6,11,13,15,17,19-21H,1,7-10,12,14,16,18H2,2-5H3. The zero-order valence-corrected chi connectivity index (χ0v) is 17.9. The maximum atomic E-state index is 5.10. The average Bonchev–Trinajstić information content (AvgIpc) is 3.15. The van der Waals surface area contributed by atoms with Crippen LogP contribution in [-0.4, -0.2) is 0 Å². The first-order valence-electron chi connectivity index (χ1n) is 10.3. The van der Waals surface area contributed by atoms with Gasteiger partial charge in [-0.3, -0.25) is 0 Å². The molecule has 0 spiro atoms. The fourth-order valence-electron chi connectivity index (χ4n) is 2.93. The van der Waals surface area contributed by atoms with Crippen molar-refractivity contribution < 1.29 is 4.42 Å². The van der Waals surface area contributed by atoms with E-state index in [1.54, 1.807) is 6.26 Å². The van der Waals surface area contributed by atoms with E-state index in [-0.39, 0.29) is 0 Å². The number of hydrogen-bond acceptors (Lipinski definition) is 1. The Kier molecular flexibility index (Phi) is 12.0. The fraction of sp³-hybridized carbons (Fsp3) is 0.462. The first-order chi connectivity index (χ1) is 13.0. The van der Waals surface area contributed by atoms with Crippen molar-refractivity contribution >= 4 is 0 Å². The molecule has 0 amide bonds. The lowest BCUT2D eigenvalue weighted by Gasteiger charge is -2.03. The Balaban J connectivity index is 2.20. The normalized spacial score (nSPS) is 13.9. The number of aryl methyl sites for hydroxylation is 1. The van der Waals surface area contributed by atoms with Crippen LogP contribution in [0.15, 0.2) is 82.3 Å². The Hall–Kier alpha value is -2.02. The molecule has 0 atom stereocenters. The Labute approximate surface area is 167 Å². The van der Waals surface area contributed by atoms with Gasteiger partial charge in [0.05, 0.1) is 12.5 Å². The predicted molar refractivity (Wildman–Crippen MR) is 120 cm³/mol. The van der Waals surface area contributed by atoms with Crippen molar-refractivity contribution in [2.24, 2.45) is 0 Å². The molecule has 0 aromatic carbocycles. The van der Waals surface area contributed by atoms with Crippen molar-refractivity contribution in [3.05, 3.63) is 83.4 Å². The molecule has 1 aromatic rings. The second-order valence-corrected chi connectivity index (χ2v) is 7.59. The van der Waals surface area contributed by atoms with E-state index in [1.165, 1.54) is 34.3 Å². The molecule has 1 aromatic heterocycles. The minimum atomic E-state index is 1.07. The van der Waals surface area contributed by atoms with Crippen molar-refractivity contribution in [1.82, 2.24) is 0 Å². The van der Waals surface area contributed by atoms with Crippen LogP contribution in [0.4, 0.5) is 0 Å². The largest absolute Gasteiger partial charge is 0.472 e. The summed E-state index contributed by atoms with van der Waals surface area (Å²) in [6.07, 6.45) is 24.0. The summed E-state index contributed by atoms with van der Waals surface area (Å²) in [7, 11) is 0. The molecule has 0 aliphatic carbocycles. The summed E-state index contributed by atoms with van der Waals surface area (Å²) >= 11 is 0. The number of allylic oxidation sites excluding steroid dienone is 9. The summed E-state index contributed by atoms with van der Waals surface area (Å²) in [5.74, 6) is 0. The van der Waals surface area contributed by atoms with Crippen molar-refractivity contribution in [3.63, 3.8) is 0 Å². The Bertz CT molecular complexity index is 650. The molecule has 27 heavy (non-hydrogen) atoms. The van der Waals surface area contributed by atoms with Crippen molar-refractivity contribution in [3.8, 4) is 0 Å². The highest BCUT2D eigenvalue weighted by Gasteiger charge is 1.95. The smallest absolute Gasteiger partial charge is 0.0934 e. The topological polar surface area (TPSA) is 13.1 Å². The van der Waals surface area contributed by atoms with Crippen LogP contribution < -0.4 is 0 Å². The minimum absolute atomic E-state index is 1.07. The highest BCUT2D eigenvalue weighted by atomic mass is 16.3. The molecule has 0 unspecified atom stereocenters. The lowest BCUT2D eigenvalue weighted by atomic mass is 10.0. The third kappa shape index (κ3) is 12.1. The molecule has 0 bridgehead atoms. The van der Waals surface area contributed by atoms with E-state index in [2.05, 4.69) is 58.6 Å². The summed E-state index contributed by atoms with van der Waals surface area (Å²) in [6, 6.07) is 2.05. The highest BCUT2D eigenvalue weighted by Crippen LogP contribution is 2.14. The molecule has 0 saturated carbocycles. The number of rotatable bonds is 13. The second-order valence-electron chi connectivity index (χ2n) is 7.59. The molecule has 1 rings (SSSR count). The first kappa shape index (κ1) is 23.0. The first-order valence-corrected chi connectivity index (χ1v) is 10.3. The zero-order chi connectivity index (χ0) is 19.9. The second kappa shape index (κ2) is 14.1. The molecule has 0 fully saturated rings. The van der Waals surface area contributed by atoms with Gasteiger partial charge in [0, 0.05) is 0 Å². The van der Waals surface area contributed by atoms with Crippen LogP contribution in [-0.2, 0) is 6.42 Å². The van der Waals surface area contributed by atoms with Crippen LogP contribution in [0.5, 0.6) is 0 Å². The number of hydrogen-bond donors (Lipinski definition) is 0. The Morgan fingerprint density at radius 2 is 1.33 bits per heavy atom.